The number of benzene rings is 1. The van der Waals surface area contributed by atoms with Gasteiger partial charge in [0, 0.05) is 25.0 Å². The second-order valence-corrected chi connectivity index (χ2v) is 5.82. The first-order chi connectivity index (χ1) is 9.19. The maximum atomic E-state index is 9.28. The van der Waals surface area contributed by atoms with Gasteiger partial charge in [0.1, 0.15) is 0 Å². The van der Waals surface area contributed by atoms with Gasteiger partial charge in [-0.3, -0.25) is 4.90 Å². The standard InChI is InChI=1S/C16H26BrNO/c1-3-16(4-2,13-17)14-18(10-11-19)12-15-8-6-5-7-9-15/h5-9,19H,3-4,10-14H2,1-2H3. The number of rotatable bonds is 9. The fourth-order valence-corrected chi connectivity index (χ4v) is 3.35. The van der Waals surface area contributed by atoms with Gasteiger partial charge in [-0.05, 0) is 23.8 Å². The molecule has 0 fully saturated rings. The summed E-state index contributed by atoms with van der Waals surface area (Å²) in [5.41, 5.74) is 1.62. The van der Waals surface area contributed by atoms with E-state index in [-0.39, 0.29) is 6.61 Å². The summed E-state index contributed by atoms with van der Waals surface area (Å²) < 4.78 is 0. The van der Waals surface area contributed by atoms with E-state index in [0.29, 0.717) is 5.41 Å². The molecule has 108 valence electrons. The zero-order valence-corrected chi connectivity index (χ0v) is 13.7. The van der Waals surface area contributed by atoms with Crippen LogP contribution < -0.4 is 0 Å². The van der Waals surface area contributed by atoms with Crippen LogP contribution in [-0.2, 0) is 6.54 Å². The summed E-state index contributed by atoms with van der Waals surface area (Å²) in [5.74, 6) is 0. The van der Waals surface area contributed by atoms with Crippen LogP contribution in [0.5, 0.6) is 0 Å². The molecule has 0 saturated carbocycles. The van der Waals surface area contributed by atoms with Gasteiger partial charge in [-0.2, -0.15) is 0 Å². The molecule has 0 bridgehead atoms. The minimum atomic E-state index is 0.221. The van der Waals surface area contributed by atoms with Crippen molar-refractivity contribution >= 4 is 15.9 Å². The first kappa shape index (κ1) is 16.7. The van der Waals surface area contributed by atoms with Crippen LogP contribution in [-0.4, -0.2) is 35.0 Å². The van der Waals surface area contributed by atoms with Crippen molar-refractivity contribution in [2.24, 2.45) is 5.41 Å². The first-order valence-electron chi connectivity index (χ1n) is 7.12. The molecule has 0 heterocycles. The zero-order valence-electron chi connectivity index (χ0n) is 12.1. The predicted molar refractivity (Wildman–Crippen MR) is 85.6 cm³/mol. The molecule has 0 unspecified atom stereocenters. The smallest absolute Gasteiger partial charge is 0.0558 e. The van der Waals surface area contributed by atoms with E-state index in [4.69, 9.17) is 0 Å². The quantitative estimate of drug-likeness (QED) is 0.699. The molecule has 1 N–H and O–H groups in total. The number of alkyl halides is 1. The Bertz CT molecular complexity index is 330. The van der Waals surface area contributed by atoms with Gasteiger partial charge >= 0.3 is 0 Å². The Hall–Kier alpha value is -0.380. The molecule has 0 aliphatic heterocycles. The number of aliphatic hydroxyl groups excluding tert-OH is 1. The summed E-state index contributed by atoms with van der Waals surface area (Å²) in [6, 6.07) is 10.5. The summed E-state index contributed by atoms with van der Waals surface area (Å²) >= 11 is 3.67. The maximum Gasteiger partial charge on any atom is 0.0558 e. The van der Waals surface area contributed by atoms with Crippen molar-refractivity contribution in [1.29, 1.82) is 0 Å². The normalized spacial score (nSPS) is 12.1. The van der Waals surface area contributed by atoms with Crippen LogP contribution in [0.1, 0.15) is 32.3 Å². The van der Waals surface area contributed by atoms with E-state index in [1.807, 2.05) is 6.07 Å². The topological polar surface area (TPSA) is 23.5 Å². The molecule has 1 rings (SSSR count). The number of aliphatic hydroxyl groups is 1. The fraction of sp³-hybridized carbons (Fsp3) is 0.625. The minimum Gasteiger partial charge on any atom is -0.395 e. The minimum absolute atomic E-state index is 0.221. The average Bonchev–Trinajstić information content (AvgIpc) is 2.46. The van der Waals surface area contributed by atoms with Crippen molar-refractivity contribution in [2.75, 3.05) is 25.0 Å². The lowest BCUT2D eigenvalue weighted by Crippen LogP contribution is -2.39. The molecule has 0 saturated heterocycles. The van der Waals surface area contributed by atoms with Gasteiger partial charge in [-0.1, -0.05) is 60.1 Å². The molecule has 0 amide bonds. The molecule has 2 nitrogen and oxygen atoms in total. The molecular weight excluding hydrogens is 302 g/mol. The summed E-state index contributed by atoms with van der Waals surface area (Å²) in [4.78, 5) is 2.36. The SMILES string of the molecule is CCC(CC)(CBr)CN(CCO)Cc1ccccc1. The van der Waals surface area contributed by atoms with Crippen molar-refractivity contribution in [3.8, 4) is 0 Å². The second-order valence-electron chi connectivity index (χ2n) is 5.26. The third-order valence-electron chi connectivity index (χ3n) is 4.01. The highest BCUT2D eigenvalue weighted by molar-refractivity contribution is 9.09. The second kappa shape index (κ2) is 8.72. The highest BCUT2D eigenvalue weighted by Crippen LogP contribution is 2.30. The lowest BCUT2D eigenvalue weighted by Gasteiger charge is -2.36. The van der Waals surface area contributed by atoms with Gasteiger partial charge in [0.2, 0.25) is 0 Å². The van der Waals surface area contributed by atoms with Crippen molar-refractivity contribution in [3.63, 3.8) is 0 Å². The van der Waals surface area contributed by atoms with Crippen LogP contribution in [0.25, 0.3) is 0 Å². The van der Waals surface area contributed by atoms with Crippen molar-refractivity contribution in [3.05, 3.63) is 35.9 Å². The average molecular weight is 328 g/mol. The maximum absolute atomic E-state index is 9.28. The van der Waals surface area contributed by atoms with Crippen LogP contribution in [0.2, 0.25) is 0 Å². The molecule has 0 aliphatic rings. The molecule has 0 aromatic heterocycles. The van der Waals surface area contributed by atoms with Crippen LogP contribution in [0, 0.1) is 5.41 Å². The number of halogens is 1. The summed E-state index contributed by atoms with van der Waals surface area (Å²) in [6.07, 6.45) is 2.32. The fourth-order valence-electron chi connectivity index (χ4n) is 2.38. The molecule has 1 aromatic carbocycles. The summed E-state index contributed by atoms with van der Waals surface area (Å²) in [7, 11) is 0. The lowest BCUT2D eigenvalue weighted by molar-refractivity contribution is 0.125. The molecule has 0 spiro atoms. The molecule has 3 heteroatoms. The van der Waals surface area contributed by atoms with E-state index in [1.54, 1.807) is 0 Å². The Morgan fingerprint density at radius 3 is 2.26 bits per heavy atom. The van der Waals surface area contributed by atoms with Gasteiger partial charge in [-0.25, -0.2) is 0 Å². The van der Waals surface area contributed by atoms with E-state index in [1.165, 1.54) is 5.56 Å². The van der Waals surface area contributed by atoms with Gasteiger partial charge in [0.05, 0.1) is 6.61 Å². The molecule has 0 atom stereocenters. The van der Waals surface area contributed by atoms with Gasteiger partial charge in [-0.15, -0.1) is 0 Å². The Morgan fingerprint density at radius 1 is 1.16 bits per heavy atom. The van der Waals surface area contributed by atoms with Crippen molar-refractivity contribution < 1.29 is 5.11 Å². The van der Waals surface area contributed by atoms with Gasteiger partial charge in [0.25, 0.3) is 0 Å². The van der Waals surface area contributed by atoms with E-state index >= 15 is 0 Å². The third kappa shape index (κ3) is 5.25. The van der Waals surface area contributed by atoms with E-state index < -0.39 is 0 Å². The Labute approximate surface area is 126 Å². The Kier molecular flexibility index (Phi) is 7.66. The predicted octanol–water partition coefficient (Wildman–Crippen LogP) is 3.68. The van der Waals surface area contributed by atoms with E-state index in [0.717, 1.165) is 37.8 Å². The largest absolute Gasteiger partial charge is 0.395 e. The number of hydrogen-bond donors (Lipinski definition) is 1. The lowest BCUT2D eigenvalue weighted by atomic mass is 9.84. The Morgan fingerprint density at radius 2 is 1.79 bits per heavy atom. The van der Waals surface area contributed by atoms with Gasteiger partial charge < -0.3 is 5.11 Å². The monoisotopic (exact) mass is 327 g/mol. The number of nitrogens with zero attached hydrogens (tertiary/aromatic N) is 1. The highest BCUT2D eigenvalue weighted by atomic mass is 79.9. The van der Waals surface area contributed by atoms with Crippen molar-refractivity contribution in [2.45, 2.75) is 33.2 Å². The van der Waals surface area contributed by atoms with Gasteiger partial charge in [0.15, 0.2) is 0 Å². The molecule has 0 aliphatic carbocycles. The zero-order chi connectivity index (χ0) is 14.1. The van der Waals surface area contributed by atoms with Crippen LogP contribution in [0.15, 0.2) is 30.3 Å². The summed E-state index contributed by atoms with van der Waals surface area (Å²) in [6.45, 7) is 7.41. The van der Waals surface area contributed by atoms with Crippen LogP contribution in [0.3, 0.4) is 0 Å². The molecule has 0 radical (unpaired) electrons. The third-order valence-corrected chi connectivity index (χ3v) is 5.20. The Balaban J connectivity index is 2.71. The van der Waals surface area contributed by atoms with Crippen LogP contribution >= 0.6 is 15.9 Å². The van der Waals surface area contributed by atoms with E-state index in [2.05, 4.69) is 58.9 Å². The van der Waals surface area contributed by atoms with Crippen LogP contribution in [0.4, 0.5) is 0 Å². The van der Waals surface area contributed by atoms with Crippen molar-refractivity contribution in [1.82, 2.24) is 4.90 Å². The molecular formula is C16H26BrNO. The highest BCUT2D eigenvalue weighted by Gasteiger charge is 2.27. The first-order valence-corrected chi connectivity index (χ1v) is 8.25. The molecule has 1 aromatic rings. The van der Waals surface area contributed by atoms with E-state index in [9.17, 15) is 5.11 Å². The number of hydrogen-bond acceptors (Lipinski definition) is 2. The summed E-state index contributed by atoms with van der Waals surface area (Å²) in [5, 5.41) is 10.3. The molecule has 19 heavy (non-hydrogen) atoms.